The van der Waals surface area contributed by atoms with Gasteiger partial charge in [0.05, 0.1) is 10.2 Å². The molecule has 4 aromatic rings. The van der Waals surface area contributed by atoms with Gasteiger partial charge in [-0.1, -0.05) is 72.0 Å². The Balaban J connectivity index is 0.000000121. The second-order valence-electron chi connectivity index (χ2n) is 4.37. The number of nitrogens with zero attached hydrogens (tertiary/aromatic N) is 1. The molecular weight excluding hydrogens is 264 g/mol. The third kappa shape index (κ3) is 2.78. The van der Waals surface area contributed by atoms with Gasteiger partial charge in [0.2, 0.25) is 0 Å². The molecule has 0 bridgehead atoms. The van der Waals surface area contributed by atoms with Crippen LogP contribution in [0.15, 0.2) is 72.8 Å². The van der Waals surface area contributed by atoms with Crippen molar-refractivity contribution in [2.75, 3.05) is 5.73 Å². The lowest BCUT2D eigenvalue weighted by atomic mass is 10.1. The minimum absolute atomic E-state index is 0.640. The van der Waals surface area contributed by atoms with Crippen LogP contribution in [0.5, 0.6) is 0 Å². The van der Waals surface area contributed by atoms with E-state index in [1.807, 2.05) is 24.3 Å². The van der Waals surface area contributed by atoms with Crippen molar-refractivity contribution in [1.29, 1.82) is 0 Å². The van der Waals surface area contributed by atoms with E-state index < -0.39 is 0 Å². The van der Waals surface area contributed by atoms with Gasteiger partial charge in [-0.05, 0) is 22.9 Å². The number of aromatic nitrogens is 1. The standard InChI is InChI=1S/C10H8.C7H6N2S/c1-2-6-10-8-4-3-7-9(10)5-1;8-7-9-5-3-1-2-4-6(5)10-7/h1-8H;1-4H,(H2,8,9). The maximum Gasteiger partial charge on any atom is 0.181 e. The topological polar surface area (TPSA) is 38.9 Å². The minimum atomic E-state index is 0.640. The predicted octanol–water partition coefficient (Wildman–Crippen LogP) is 4.72. The molecule has 0 aliphatic rings. The number of rotatable bonds is 0. The highest BCUT2D eigenvalue weighted by atomic mass is 32.1. The smallest absolute Gasteiger partial charge is 0.181 e. The summed E-state index contributed by atoms with van der Waals surface area (Å²) in [5.74, 6) is 0. The minimum Gasteiger partial charge on any atom is -0.375 e. The molecule has 0 atom stereocenters. The molecule has 2 N–H and O–H groups in total. The van der Waals surface area contributed by atoms with Crippen LogP contribution in [-0.2, 0) is 0 Å². The Kier molecular flexibility index (Phi) is 3.61. The number of anilines is 1. The third-order valence-corrected chi connectivity index (χ3v) is 3.83. The molecule has 3 heteroatoms. The van der Waals surface area contributed by atoms with E-state index in [-0.39, 0.29) is 0 Å². The molecule has 20 heavy (non-hydrogen) atoms. The fourth-order valence-electron chi connectivity index (χ4n) is 2.02. The molecule has 1 aromatic heterocycles. The summed E-state index contributed by atoms with van der Waals surface area (Å²) in [5, 5.41) is 3.26. The third-order valence-electron chi connectivity index (χ3n) is 2.97. The maximum absolute atomic E-state index is 5.50. The van der Waals surface area contributed by atoms with Crippen molar-refractivity contribution in [3.8, 4) is 0 Å². The van der Waals surface area contributed by atoms with Crippen molar-refractivity contribution in [2.24, 2.45) is 0 Å². The number of nitrogen functional groups attached to an aromatic ring is 1. The fraction of sp³-hybridized carbons (Fsp3) is 0. The first-order chi connectivity index (χ1) is 9.83. The highest BCUT2D eigenvalue weighted by Gasteiger charge is 1.96. The molecule has 3 aromatic carbocycles. The quantitative estimate of drug-likeness (QED) is 0.505. The monoisotopic (exact) mass is 278 g/mol. The van der Waals surface area contributed by atoms with E-state index in [0.29, 0.717) is 5.13 Å². The largest absolute Gasteiger partial charge is 0.375 e. The Morgan fingerprint density at radius 2 is 1.20 bits per heavy atom. The molecule has 0 aliphatic heterocycles. The van der Waals surface area contributed by atoms with Crippen molar-refractivity contribution >= 4 is 37.5 Å². The molecule has 4 rings (SSSR count). The van der Waals surface area contributed by atoms with Gasteiger partial charge in [0.15, 0.2) is 5.13 Å². The van der Waals surface area contributed by atoms with E-state index in [1.165, 1.54) is 22.1 Å². The molecule has 0 amide bonds. The number of hydrogen-bond acceptors (Lipinski definition) is 3. The zero-order valence-electron chi connectivity index (χ0n) is 10.9. The van der Waals surface area contributed by atoms with Gasteiger partial charge in [-0.15, -0.1) is 0 Å². The summed E-state index contributed by atoms with van der Waals surface area (Å²) in [5.41, 5.74) is 6.49. The van der Waals surface area contributed by atoms with Gasteiger partial charge in [0.25, 0.3) is 0 Å². The van der Waals surface area contributed by atoms with Crippen LogP contribution in [0.1, 0.15) is 0 Å². The summed E-state index contributed by atoms with van der Waals surface area (Å²) >= 11 is 1.52. The number of benzene rings is 3. The van der Waals surface area contributed by atoms with Gasteiger partial charge in [-0.3, -0.25) is 0 Å². The number of para-hydroxylation sites is 1. The highest BCUT2D eigenvalue weighted by molar-refractivity contribution is 7.22. The second kappa shape index (κ2) is 5.72. The Labute approximate surface area is 121 Å². The van der Waals surface area contributed by atoms with E-state index >= 15 is 0 Å². The zero-order valence-corrected chi connectivity index (χ0v) is 11.7. The molecule has 0 saturated heterocycles. The van der Waals surface area contributed by atoms with Crippen molar-refractivity contribution in [3.63, 3.8) is 0 Å². The van der Waals surface area contributed by atoms with Gasteiger partial charge in [-0.2, -0.15) is 0 Å². The van der Waals surface area contributed by atoms with Crippen LogP contribution >= 0.6 is 11.3 Å². The fourth-order valence-corrected chi connectivity index (χ4v) is 2.76. The van der Waals surface area contributed by atoms with E-state index in [1.54, 1.807) is 0 Å². The summed E-state index contributed by atoms with van der Waals surface area (Å²) in [6, 6.07) is 24.6. The van der Waals surface area contributed by atoms with Crippen molar-refractivity contribution in [3.05, 3.63) is 72.8 Å². The first-order valence-electron chi connectivity index (χ1n) is 6.38. The van der Waals surface area contributed by atoms with E-state index in [9.17, 15) is 0 Å². The highest BCUT2D eigenvalue weighted by Crippen LogP contribution is 2.22. The van der Waals surface area contributed by atoms with Crippen LogP contribution in [0.3, 0.4) is 0 Å². The van der Waals surface area contributed by atoms with Crippen LogP contribution < -0.4 is 5.73 Å². The van der Waals surface area contributed by atoms with Crippen molar-refractivity contribution in [2.45, 2.75) is 0 Å². The number of hydrogen-bond donors (Lipinski definition) is 1. The van der Waals surface area contributed by atoms with Gasteiger partial charge < -0.3 is 5.73 Å². The molecule has 0 saturated carbocycles. The summed E-state index contributed by atoms with van der Waals surface area (Å²) in [4.78, 5) is 4.11. The molecule has 0 spiro atoms. The predicted molar refractivity (Wildman–Crippen MR) is 88.0 cm³/mol. The van der Waals surface area contributed by atoms with E-state index in [2.05, 4.69) is 53.5 Å². The molecule has 2 nitrogen and oxygen atoms in total. The van der Waals surface area contributed by atoms with Crippen molar-refractivity contribution in [1.82, 2.24) is 4.98 Å². The van der Waals surface area contributed by atoms with Gasteiger partial charge in [-0.25, -0.2) is 4.98 Å². The molecule has 0 fully saturated rings. The van der Waals surface area contributed by atoms with Crippen LogP contribution in [0.2, 0.25) is 0 Å². The first kappa shape index (κ1) is 12.6. The van der Waals surface area contributed by atoms with Gasteiger partial charge in [0, 0.05) is 0 Å². The SMILES string of the molecule is Nc1nc2ccccc2s1.c1ccc2ccccc2c1. The number of thiazole rings is 1. The summed E-state index contributed by atoms with van der Waals surface area (Å²) in [6.07, 6.45) is 0. The second-order valence-corrected chi connectivity index (χ2v) is 5.43. The Hall–Kier alpha value is -2.39. The molecule has 98 valence electrons. The first-order valence-corrected chi connectivity index (χ1v) is 7.19. The summed E-state index contributed by atoms with van der Waals surface area (Å²) in [7, 11) is 0. The molecule has 0 radical (unpaired) electrons. The summed E-state index contributed by atoms with van der Waals surface area (Å²) in [6.45, 7) is 0. The lowest BCUT2D eigenvalue weighted by Gasteiger charge is -1.92. The van der Waals surface area contributed by atoms with Crippen LogP contribution in [0, 0.1) is 0 Å². The number of nitrogens with two attached hydrogens (primary N) is 1. The van der Waals surface area contributed by atoms with Gasteiger partial charge >= 0.3 is 0 Å². The molecule has 0 unspecified atom stereocenters. The average molecular weight is 278 g/mol. The molecule has 1 heterocycles. The zero-order chi connectivity index (χ0) is 13.8. The Bertz CT molecular complexity index is 738. The Morgan fingerprint density at radius 3 is 1.75 bits per heavy atom. The van der Waals surface area contributed by atoms with Crippen LogP contribution in [0.4, 0.5) is 5.13 Å². The van der Waals surface area contributed by atoms with Crippen molar-refractivity contribution < 1.29 is 0 Å². The number of fused-ring (bicyclic) bond motifs is 2. The summed E-state index contributed by atoms with van der Waals surface area (Å²) < 4.78 is 1.15. The average Bonchev–Trinajstić information content (AvgIpc) is 2.88. The molecular formula is C17H14N2S. The molecule has 0 aliphatic carbocycles. The van der Waals surface area contributed by atoms with Crippen LogP contribution in [-0.4, -0.2) is 4.98 Å². The van der Waals surface area contributed by atoms with Gasteiger partial charge in [0.1, 0.15) is 0 Å². The lowest BCUT2D eigenvalue weighted by molar-refractivity contribution is 1.50. The van der Waals surface area contributed by atoms with Crippen LogP contribution in [0.25, 0.3) is 21.0 Å². The normalized spacial score (nSPS) is 10.2. The van der Waals surface area contributed by atoms with E-state index in [0.717, 1.165) is 10.2 Å². The Morgan fingerprint density at radius 1 is 0.700 bits per heavy atom. The lowest BCUT2D eigenvalue weighted by Crippen LogP contribution is -1.78. The van der Waals surface area contributed by atoms with E-state index in [4.69, 9.17) is 5.73 Å². The maximum atomic E-state index is 5.50.